The number of nitrogens with one attached hydrogen (secondary N) is 1. The second kappa shape index (κ2) is 7.27. The fourth-order valence-corrected chi connectivity index (χ4v) is 6.16. The van der Waals surface area contributed by atoms with Crippen molar-refractivity contribution < 1.29 is 4.79 Å². The lowest BCUT2D eigenvalue weighted by Crippen LogP contribution is -2.31. The monoisotopic (exact) mass is 379 g/mol. The van der Waals surface area contributed by atoms with E-state index in [4.69, 9.17) is 0 Å². The third-order valence-electron chi connectivity index (χ3n) is 6.06. The maximum absolute atomic E-state index is 12.6. The van der Waals surface area contributed by atoms with Crippen LogP contribution < -0.4 is 5.32 Å². The van der Waals surface area contributed by atoms with Gasteiger partial charge < -0.3 is 5.32 Å². The first kappa shape index (κ1) is 18.5. The van der Waals surface area contributed by atoms with E-state index in [-0.39, 0.29) is 12.0 Å². The van der Waals surface area contributed by atoms with Crippen LogP contribution in [0.2, 0.25) is 0 Å². The van der Waals surface area contributed by atoms with Gasteiger partial charge in [-0.2, -0.15) is 0 Å². The first-order valence-electron chi connectivity index (χ1n) is 10.2. The van der Waals surface area contributed by atoms with Crippen LogP contribution in [0, 0.1) is 12.8 Å². The van der Waals surface area contributed by atoms with Gasteiger partial charge in [-0.15, -0.1) is 11.3 Å². The van der Waals surface area contributed by atoms with Gasteiger partial charge in [0.15, 0.2) is 0 Å². The highest BCUT2D eigenvalue weighted by Crippen LogP contribution is 2.50. The summed E-state index contributed by atoms with van der Waals surface area (Å²) in [6.45, 7) is 8.30. The molecule has 3 heteroatoms. The minimum Gasteiger partial charge on any atom is -0.370 e. The second-order valence-corrected chi connectivity index (χ2v) is 9.18. The zero-order valence-electron chi connectivity index (χ0n) is 16.8. The fraction of sp³-hybridized carbons (Fsp3) is 0.458. The molecular formula is C24H29NOS. The average molecular weight is 380 g/mol. The minimum absolute atomic E-state index is 0.00101. The number of fused-ring (bicyclic) bond motifs is 3. The summed E-state index contributed by atoms with van der Waals surface area (Å²) < 4.78 is 0. The summed E-state index contributed by atoms with van der Waals surface area (Å²) in [7, 11) is 0. The van der Waals surface area contributed by atoms with Crippen molar-refractivity contribution in [2.45, 2.75) is 65.8 Å². The van der Waals surface area contributed by atoms with Crippen LogP contribution in [-0.2, 0) is 17.6 Å². The average Bonchev–Trinajstić information content (AvgIpc) is 3.20. The number of rotatable bonds is 5. The van der Waals surface area contributed by atoms with Crippen molar-refractivity contribution in [3.63, 3.8) is 0 Å². The molecule has 2 aliphatic rings. The van der Waals surface area contributed by atoms with Crippen molar-refractivity contribution in [3.8, 4) is 0 Å². The number of thiophene rings is 1. The van der Waals surface area contributed by atoms with Crippen LogP contribution in [0.1, 0.15) is 67.2 Å². The van der Waals surface area contributed by atoms with E-state index in [1.165, 1.54) is 57.7 Å². The molecule has 0 bridgehead atoms. The lowest BCUT2D eigenvalue weighted by Gasteiger charge is -2.33. The minimum atomic E-state index is -0.00101. The van der Waals surface area contributed by atoms with Crippen LogP contribution >= 0.6 is 11.3 Å². The van der Waals surface area contributed by atoms with Crippen LogP contribution in [0.3, 0.4) is 0 Å². The fourth-order valence-electron chi connectivity index (χ4n) is 4.78. The van der Waals surface area contributed by atoms with Gasteiger partial charge in [0, 0.05) is 22.4 Å². The van der Waals surface area contributed by atoms with Crippen LogP contribution in [0.25, 0.3) is 5.57 Å². The van der Waals surface area contributed by atoms with E-state index >= 15 is 0 Å². The number of carbonyl (C=O) groups excluding carboxylic acids is 1. The van der Waals surface area contributed by atoms with Gasteiger partial charge in [0.2, 0.25) is 0 Å². The largest absolute Gasteiger partial charge is 0.370 e. The molecule has 4 rings (SSSR count). The lowest BCUT2D eigenvalue weighted by molar-refractivity contribution is -0.119. The molecule has 142 valence electrons. The van der Waals surface area contributed by atoms with Crippen molar-refractivity contribution in [1.29, 1.82) is 0 Å². The molecule has 1 aliphatic carbocycles. The van der Waals surface area contributed by atoms with Crippen molar-refractivity contribution in [3.05, 3.63) is 57.0 Å². The van der Waals surface area contributed by atoms with Crippen LogP contribution in [0.4, 0.5) is 5.00 Å². The van der Waals surface area contributed by atoms with Gasteiger partial charge in [0.1, 0.15) is 5.78 Å². The number of benzene rings is 1. The van der Waals surface area contributed by atoms with E-state index in [0.717, 1.165) is 12.8 Å². The molecule has 1 aliphatic heterocycles. The Morgan fingerprint density at radius 3 is 2.67 bits per heavy atom. The molecule has 1 aromatic heterocycles. The topological polar surface area (TPSA) is 29.1 Å². The van der Waals surface area contributed by atoms with Gasteiger partial charge in [0.25, 0.3) is 0 Å². The SMILES string of the molecule is CCCC(C(C)=O)C1=C(c2ccc(C)cc2)c2c(sc3c2CCC3)NC1C. The van der Waals surface area contributed by atoms with E-state index < -0.39 is 0 Å². The van der Waals surface area contributed by atoms with Gasteiger partial charge in [-0.3, -0.25) is 4.79 Å². The van der Waals surface area contributed by atoms with E-state index in [0.29, 0.717) is 5.78 Å². The Morgan fingerprint density at radius 2 is 2.00 bits per heavy atom. The lowest BCUT2D eigenvalue weighted by atomic mass is 9.77. The molecular weight excluding hydrogens is 350 g/mol. The summed E-state index contributed by atoms with van der Waals surface area (Å²) in [6.07, 6.45) is 5.57. The number of hydrogen-bond donors (Lipinski definition) is 1. The molecule has 0 saturated carbocycles. The smallest absolute Gasteiger partial charge is 0.137 e. The number of anilines is 1. The summed E-state index contributed by atoms with van der Waals surface area (Å²) in [5, 5.41) is 5.06. The van der Waals surface area contributed by atoms with Crippen LogP contribution in [0.15, 0.2) is 29.8 Å². The van der Waals surface area contributed by atoms with E-state index in [9.17, 15) is 4.79 Å². The molecule has 1 N–H and O–H groups in total. The van der Waals surface area contributed by atoms with Gasteiger partial charge in [0.05, 0.1) is 5.00 Å². The number of hydrogen-bond acceptors (Lipinski definition) is 3. The molecule has 2 nitrogen and oxygen atoms in total. The highest BCUT2D eigenvalue weighted by atomic mass is 32.1. The van der Waals surface area contributed by atoms with Crippen LogP contribution in [0.5, 0.6) is 0 Å². The Balaban J connectivity index is 2.00. The van der Waals surface area contributed by atoms with Crippen LogP contribution in [-0.4, -0.2) is 11.8 Å². The van der Waals surface area contributed by atoms with Crippen molar-refractivity contribution in [2.24, 2.45) is 5.92 Å². The zero-order chi connectivity index (χ0) is 19.1. The van der Waals surface area contributed by atoms with Crippen molar-refractivity contribution >= 4 is 27.7 Å². The third kappa shape index (κ3) is 3.16. The molecule has 1 aromatic carbocycles. The van der Waals surface area contributed by atoms with Gasteiger partial charge in [-0.25, -0.2) is 0 Å². The first-order valence-corrected chi connectivity index (χ1v) is 11.1. The number of carbonyl (C=O) groups is 1. The zero-order valence-corrected chi connectivity index (χ0v) is 17.6. The van der Waals surface area contributed by atoms with Crippen molar-refractivity contribution in [1.82, 2.24) is 0 Å². The Morgan fingerprint density at radius 1 is 1.26 bits per heavy atom. The first-order chi connectivity index (χ1) is 13.0. The predicted octanol–water partition coefficient (Wildman–Crippen LogP) is 6.17. The van der Waals surface area contributed by atoms with Gasteiger partial charge in [-0.05, 0) is 68.7 Å². The highest BCUT2D eigenvalue weighted by Gasteiger charge is 2.36. The molecule has 2 atom stereocenters. The molecule has 0 fully saturated rings. The number of ketones is 1. The van der Waals surface area contributed by atoms with E-state index in [2.05, 4.69) is 50.4 Å². The molecule has 0 amide bonds. The van der Waals surface area contributed by atoms with E-state index in [1.807, 2.05) is 11.3 Å². The molecule has 2 unspecified atom stereocenters. The summed E-state index contributed by atoms with van der Waals surface area (Å²) in [5.41, 5.74) is 8.10. The standard InChI is InChI=1S/C24H29NOS/c1-5-7-18(16(4)26)21-15(3)25-24-23(19-8-6-9-20(19)27-24)22(21)17-12-10-14(2)11-13-17/h10-13,15,18,25H,5-9H2,1-4H3. The Labute approximate surface area is 166 Å². The summed E-state index contributed by atoms with van der Waals surface area (Å²) >= 11 is 1.94. The molecule has 0 saturated heterocycles. The van der Waals surface area contributed by atoms with Gasteiger partial charge >= 0.3 is 0 Å². The maximum atomic E-state index is 12.6. The Hall–Kier alpha value is -1.87. The Kier molecular flexibility index (Phi) is 4.98. The predicted molar refractivity (Wildman–Crippen MR) is 116 cm³/mol. The second-order valence-electron chi connectivity index (χ2n) is 8.08. The quantitative estimate of drug-likeness (QED) is 0.673. The molecule has 27 heavy (non-hydrogen) atoms. The summed E-state index contributed by atoms with van der Waals surface area (Å²) in [4.78, 5) is 14.2. The maximum Gasteiger partial charge on any atom is 0.137 e. The third-order valence-corrected chi connectivity index (χ3v) is 7.28. The number of Topliss-reactive ketones (excluding diaryl/α,β-unsaturated/α-hetero) is 1. The molecule has 0 radical (unpaired) electrons. The van der Waals surface area contributed by atoms with Crippen molar-refractivity contribution in [2.75, 3.05) is 5.32 Å². The highest BCUT2D eigenvalue weighted by molar-refractivity contribution is 7.16. The molecule has 2 heterocycles. The summed E-state index contributed by atoms with van der Waals surface area (Å²) in [6, 6.07) is 9.07. The normalized spacial score (nSPS) is 19.5. The summed E-state index contributed by atoms with van der Waals surface area (Å²) in [5.74, 6) is 0.291. The number of aryl methyl sites for hydroxylation is 2. The van der Waals surface area contributed by atoms with Gasteiger partial charge in [-0.1, -0.05) is 43.2 Å². The van der Waals surface area contributed by atoms with E-state index in [1.54, 1.807) is 11.8 Å². The molecule has 0 spiro atoms. The molecule has 2 aromatic rings. The Bertz CT molecular complexity index is 903.